The molecule has 1 aromatic rings. The number of carbonyl (C=O) groups is 2. The first kappa shape index (κ1) is 18.3. The standard InChI is InChI=1S/C22H30N2O3/c1-2-27-21(26)23-19-12-18(13-19)20(25)24-14-22(15-24)10-8-17(9-11-22)16-6-4-3-5-7-16/h3-7,17-19H,2,8-15H2,1H3,(H,23,26). The second kappa shape index (κ2) is 7.53. The topological polar surface area (TPSA) is 58.6 Å². The van der Waals surface area contributed by atoms with Crippen LogP contribution in [0.5, 0.6) is 0 Å². The van der Waals surface area contributed by atoms with Crippen LogP contribution in [-0.4, -0.2) is 42.6 Å². The molecular formula is C22H30N2O3. The summed E-state index contributed by atoms with van der Waals surface area (Å²) in [6, 6.07) is 10.9. The van der Waals surface area contributed by atoms with E-state index in [0.717, 1.165) is 25.9 Å². The van der Waals surface area contributed by atoms with Gasteiger partial charge in [0.15, 0.2) is 0 Å². The van der Waals surface area contributed by atoms with E-state index in [2.05, 4.69) is 35.6 Å². The Kier molecular flexibility index (Phi) is 5.11. The molecule has 1 saturated heterocycles. The third-order valence-electron chi connectivity index (χ3n) is 6.77. The Morgan fingerprint density at radius 1 is 1.15 bits per heavy atom. The van der Waals surface area contributed by atoms with Crippen LogP contribution in [0.4, 0.5) is 4.79 Å². The van der Waals surface area contributed by atoms with Gasteiger partial charge in [0.05, 0.1) is 6.61 Å². The molecule has 2 saturated carbocycles. The second-order valence-electron chi connectivity index (χ2n) is 8.61. The Morgan fingerprint density at radius 2 is 1.81 bits per heavy atom. The maximum absolute atomic E-state index is 12.7. The fourth-order valence-electron chi connectivity index (χ4n) is 5.06. The zero-order valence-electron chi connectivity index (χ0n) is 16.2. The van der Waals surface area contributed by atoms with Gasteiger partial charge in [-0.1, -0.05) is 30.3 Å². The van der Waals surface area contributed by atoms with Crippen molar-refractivity contribution in [2.75, 3.05) is 19.7 Å². The minimum atomic E-state index is -0.369. The van der Waals surface area contributed by atoms with E-state index in [9.17, 15) is 9.59 Å². The number of nitrogens with one attached hydrogen (secondary N) is 1. The Balaban J connectivity index is 1.19. The molecule has 5 heteroatoms. The van der Waals surface area contributed by atoms with Gasteiger partial charge in [-0.15, -0.1) is 0 Å². The number of nitrogens with zero attached hydrogens (tertiary/aromatic N) is 1. The molecule has 1 heterocycles. The fourth-order valence-corrected chi connectivity index (χ4v) is 5.06. The number of benzene rings is 1. The van der Waals surface area contributed by atoms with Gasteiger partial charge in [-0.05, 0) is 56.9 Å². The van der Waals surface area contributed by atoms with E-state index in [1.807, 2.05) is 4.90 Å². The molecule has 1 N–H and O–H groups in total. The first-order chi connectivity index (χ1) is 13.1. The highest BCUT2D eigenvalue weighted by molar-refractivity contribution is 5.81. The van der Waals surface area contributed by atoms with Crippen LogP contribution in [-0.2, 0) is 9.53 Å². The van der Waals surface area contributed by atoms with Gasteiger partial charge in [0.25, 0.3) is 0 Å². The Morgan fingerprint density at radius 3 is 2.44 bits per heavy atom. The van der Waals surface area contributed by atoms with Gasteiger partial charge < -0.3 is 15.0 Å². The fraction of sp³-hybridized carbons (Fsp3) is 0.636. The maximum atomic E-state index is 12.7. The van der Waals surface area contributed by atoms with Gasteiger partial charge in [0.1, 0.15) is 0 Å². The predicted octanol–water partition coefficient (Wildman–Crippen LogP) is 3.70. The summed E-state index contributed by atoms with van der Waals surface area (Å²) in [4.78, 5) is 26.1. The highest BCUT2D eigenvalue weighted by Crippen LogP contribution is 2.49. The van der Waals surface area contributed by atoms with E-state index < -0.39 is 0 Å². The van der Waals surface area contributed by atoms with Crippen LogP contribution < -0.4 is 5.32 Å². The van der Waals surface area contributed by atoms with Crippen molar-refractivity contribution >= 4 is 12.0 Å². The summed E-state index contributed by atoms with van der Waals surface area (Å²) in [5.41, 5.74) is 1.84. The average Bonchev–Trinajstić information content (AvgIpc) is 2.63. The van der Waals surface area contributed by atoms with E-state index in [4.69, 9.17) is 4.74 Å². The SMILES string of the molecule is CCOC(=O)NC1CC(C(=O)N2CC3(CCC(c4ccccc4)CC3)C2)C1. The van der Waals surface area contributed by atoms with Crippen molar-refractivity contribution in [2.24, 2.45) is 11.3 Å². The third-order valence-corrected chi connectivity index (χ3v) is 6.77. The minimum Gasteiger partial charge on any atom is -0.450 e. The van der Waals surface area contributed by atoms with E-state index >= 15 is 0 Å². The van der Waals surface area contributed by atoms with Gasteiger partial charge in [0.2, 0.25) is 5.91 Å². The lowest BCUT2D eigenvalue weighted by Crippen LogP contribution is -2.62. The van der Waals surface area contributed by atoms with Crippen LogP contribution in [0.15, 0.2) is 30.3 Å². The molecule has 3 fully saturated rings. The van der Waals surface area contributed by atoms with Gasteiger partial charge in [0, 0.05) is 30.5 Å². The quantitative estimate of drug-likeness (QED) is 0.879. The van der Waals surface area contributed by atoms with Crippen LogP contribution in [0, 0.1) is 11.3 Å². The lowest BCUT2D eigenvalue weighted by atomic mass is 9.64. The molecular weight excluding hydrogens is 340 g/mol. The van der Waals surface area contributed by atoms with Crippen LogP contribution in [0.3, 0.4) is 0 Å². The number of likely N-dealkylation sites (tertiary alicyclic amines) is 1. The molecule has 1 aliphatic heterocycles. The van der Waals surface area contributed by atoms with E-state index in [1.54, 1.807) is 6.92 Å². The molecule has 0 unspecified atom stereocenters. The van der Waals surface area contributed by atoms with Crippen molar-refractivity contribution in [2.45, 2.75) is 57.4 Å². The van der Waals surface area contributed by atoms with E-state index in [0.29, 0.717) is 17.9 Å². The predicted molar refractivity (Wildman–Crippen MR) is 103 cm³/mol. The van der Waals surface area contributed by atoms with Crippen molar-refractivity contribution < 1.29 is 14.3 Å². The molecule has 5 nitrogen and oxygen atoms in total. The Hall–Kier alpha value is -2.04. The van der Waals surface area contributed by atoms with Crippen molar-refractivity contribution in [3.05, 3.63) is 35.9 Å². The van der Waals surface area contributed by atoms with Crippen molar-refractivity contribution in [1.82, 2.24) is 10.2 Å². The summed E-state index contributed by atoms with van der Waals surface area (Å²) in [6.07, 6.45) is 6.06. The lowest BCUT2D eigenvalue weighted by Gasteiger charge is -2.55. The maximum Gasteiger partial charge on any atom is 0.407 e. The summed E-state index contributed by atoms with van der Waals surface area (Å²) >= 11 is 0. The third kappa shape index (κ3) is 3.83. The number of rotatable bonds is 4. The number of alkyl carbamates (subject to hydrolysis) is 1. The Labute approximate surface area is 161 Å². The largest absolute Gasteiger partial charge is 0.450 e. The van der Waals surface area contributed by atoms with Crippen molar-refractivity contribution in [3.63, 3.8) is 0 Å². The minimum absolute atomic E-state index is 0.0786. The summed E-state index contributed by atoms with van der Waals surface area (Å²) in [5.74, 6) is 1.05. The number of carbonyl (C=O) groups excluding carboxylic acids is 2. The molecule has 0 atom stereocenters. The van der Waals surface area contributed by atoms with Crippen LogP contribution in [0.2, 0.25) is 0 Å². The highest BCUT2D eigenvalue weighted by Gasteiger charge is 2.49. The molecule has 3 aliphatic rings. The number of hydrogen-bond donors (Lipinski definition) is 1. The molecule has 4 rings (SSSR count). The van der Waals surface area contributed by atoms with E-state index in [-0.39, 0.29) is 24.0 Å². The molecule has 2 amide bonds. The van der Waals surface area contributed by atoms with Crippen LogP contribution in [0.25, 0.3) is 0 Å². The molecule has 0 aromatic heterocycles. The Bertz CT molecular complexity index is 668. The monoisotopic (exact) mass is 370 g/mol. The average molecular weight is 370 g/mol. The van der Waals surface area contributed by atoms with Gasteiger partial charge in [-0.25, -0.2) is 4.79 Å². The van der Waals surface area contributed by atoms with E-state index in [1.165, 1.54) is 31.2 Å². The van der Waals surface area contributed by atoms with Gasteiger partial charge in [-0.3, -0.25) is 4.79 Å². The lowest BCUT2D eigenvalue weighted by molar-refractivity contribution is -0.153. The molecule has 2 aliphatic carbocycles. The van der Waals surface area contributed by atoms with Crippen LogP contribution >= 0.6 is 0 Å². The summed E-state index contributed by atoms with van der Waals surface area (Å²) in [6.45, 7) is 4.03. The van der Waals surface area contributed by atoms with Crippen LogP contribution in [0.1, 0.15) is 56.9 Å². The normalized spacial score (nSPS) is 26.8. The first-order valence-electron chi connectivity index (χ1n) is 10.4. The summed E-state index contributed by atoms with van der Waals surface area (Å²) in [5, 5.41) is 2.82. The number of hydrogen-bond acceptors (Lipinski definition) is 3. The molecule has 146 valence electrons. The first-order valence-corrected chi connectivity index (χ1v) is 10.4. The van der Waals surface area contributed by atoms with Gasteiger partial charge >= 0.3 is 6.09 Å². The second-order valence-corrected chi connectivity index (χ2v) is 8.61. The summed E-state index contributed by atoms with van der Waals surface area (Å²) < 4.78 is 4.89. The smallest absolute Gasteiger partial charge is 0.407 e. The number of amides is 2. The van der Waals surface area contributed by atoms with Gasteiger partial charge in [-0.2, -0.15) is 0 Å². The molecule has 0 radical (unpaired) electrons. The van der Waals surface area contributed by atoms with Crippen molar-refractivity contribution in [1.29, 1.82) is 0 Å². The molecule has 27 heavy (non-hydrogen) atoms. The zero-order valence-corrected chi connectivity index (χ0v) is 16.2. The molecule has 0 bridgehead atoms. The van der Waals surface area contributed by atoms with Crippen molar-refractivity contribution in [3.8, 4) is 0 Å². The molecule has 1 spiro atoms. The zero-order chi connectivity index (χ0) is 18.9. The molecule has 1 aromatic carbocycles. The number of ether oxygens (including phenoxy) is 1. The highest BCUT2D eigenvalue weighted by atomic mass is 16.5. The summed E-state index contributed by atoms with van der Waals surface area (Å²) in [7, 11) is 0.